The summed E-state index contributed by atoms with van der Waals surface area (Å²) in [5.41, 5.74) is 0.668. The van der Waals surface area contributed by atoms with Crippen LogP contribution in [0.3, 0.4) is 0 Å². The van der Waals surface area contributed by atoms with Crippen molar-refractivity contribution in [2.75, 3.05) is 7.11 Å². The van der Waals surface area contributed by atoms with Crippen molar-refractivity contribution in [3.8, 4) is 15.8 Å². The highest BCUT2D eigenvalue weighted by Crippen LogP contribution is 2.37. The number of thiophene rings is 1. The van der Waals surface area contributed by atoms with Gasteiger partial charge in [-0.15, -0.1) is 32.9 Å². The van der Waals surface area contributed by atoms with E-state index in [1.807, 2.05) is 17.5 Å². The van der Waals surface area contributed by atoms with Gasteiger partial charge < -0.3 is 4.74 Å². The number of hydrogen-bond donors (Lipinski definition) is 0. The highest BCUT2D eigenvalue weighted by Gasteiger charge is 2.15. The van der Waals surface area contributed by atoms with Gasteiger partial charge in [0.15, 0.2) is 5.15 Å². The first kappa shape index (κ1) is 10.9. The molecule has 0 unspecified atom stereocenters. The van der Waals surface area contributed by atoms with Crippen LogP contribution >= 0.6 is 34.3 Å². The van der Waals surface area contributed by atoms with Crippen LogP contribution in [0.25, 0.3) is 20.1 Å². The summed E-state index contributed by atoms with van der Waals surface area (Å²) in [7, 11) is 1.54. The molecule has 3 aromatic rings. The van der Waals surface area contributed by atoms with E-state index in [9.17, 15) is 0 Å². The van der Waals surface area contributed by atoms with E-state index in [1.54, 1.807) is 18.4 Å². The Morgan fingerprint density at radius 3 is 2.94 bits per heavy atom. The Morgan fingerprint density at radius 2 is 2.24 bits per heavy atom. The molecule has 7 heteroatoms. The molecule has 86 valence electrons. The monoisotopic (exact) mass is 283 g/mol. The van der Waals surface area contributed by atoms with Crippen molar-refractivity contribution in [3.63, 3.8) is 0 Å². The Labute approximate surface area is 110 Å². The molecule has 0 fully saturated rings. The van der Waals surface area contributed by atoms with E-state index in [0.29, 0.717) is 16.5 Å². The smallest absolute Gasteiger partial charge is 0.261 e. The highest BCUT2D eigenvalue weighted by molar-refractivity contribution is 7.25. The molecule has 0 atom stereocenters. The van der Waals surface area contributed by atoms with E-state index in [4.69, 9.17) is 16.3 Å². The van der Waals surface area contributed by atoms with Crippen molar-refractivity contribution >= 4 is 44.5 Å². The van der Waals surface area contributed by atoms with Gasteiger partial charge in [-0.2, -0.15) is 0 Å². The summed E-state index contributed by atoms with van der Waals surface area (Å²) in [4.78, 5) is 5.61. The fourth-order valence-electron chi connectivity index (χ4n) is 1.43. The minimum absolute atomic E-state index is 0.362. The number of fused-ring (bicyclic) bond motifs is 1. The second-order valence-corrected chi connectivity index (χ2v) is 5.48. The molecule has 0 saturated carbocycles. The van der Waals surface area contributed by atoms with Crippen molar-refractivity contribution in [3.05, 3.63) is 22.7 Å². The summed E-state index contributed by atoms with van der Waals surface area (Å²) in [6.07, 6.45) is 0. The van der Waals surface area contributed by atoms with Crippen LogP contribution in [-0.2, 0) is 0 Å². The van der Waals surface area contributed by atoms with Crippen LogP contribution in [0.5, 0.6) is 5.88 Å². The molecule has 0 amide bonds. The number of aromatic nitrogens is 3. The molecule has 0 bridgehead atoms. The molecule has 0 spiro atoms. The number of ether oxygens (including phenoxy) is 1. The van der Waals surface area contributed by atoms with Gasteiger partial charge in [0.2, 0.25) is 0 Å². The molecule has 4 nitrogen and oxygen atoms in total. The van der Waals surface area contributed by atoms with Crippen molar-refractivity contribution in [1.29, 1.82) is 0 Å². The van der Waals surface area contributed by atoms with Crippen molar-refractivity contribution in [1.82, 2.24) is 15.2 Å². The molecule has 0 aliphatic heterocycles. The van der Waals surface area contributed by atoms with Crippen LogP contribution in [0.1, 0.15) is 0 Å². The summed E-state index contributed by atoms with van der Waals surface area (Å²) < 4.78 is 5.94. The van der Waals surface area contributed by atoms with Gasteiger partial charge in [0, 0.05) is 0 Å². The first-order valence-electron chi connectivity index (χ1n) is 4.70. The van der Waals surface area contributed by atoms with E-state index in [1.165, 1.54) is 11.3 Å². The number of thiazole rings is 1. The molecule has 0 radical (unpaired) electrons. The lowest BCUT2D eigenvalue weighted by Gasteiger charge is -1.97. The molecule has 3 heterocycles. The van der Waals surface area contributed by atoms with Crippen molar-refractivity contribution < 1.29 is 4.74 Å². The number of methoxy groups -OCH3 is 1. The molecule has 0 aliphatic rings. The molecule has 17 heavy (non-hydrogen) atoms. The second-order valence-electron chi connectivity index (χ2n) is 3.17. The highest BCUT2D eigenvalue weighted by atomic mass is 35.5. The zero-order valence-electron chi connectivity index (χ0n) is 8.68. The molecule has 3 rings (SSSR count). The molecule has 0 N–H and O–H groups in total. The number of hydrogen-bond acceptors (Lipinski definition) is 6. The Hall–Kier alpha value is -1.24. The Kier molecular flexibility index (Phi) is 2.70. The maximum Gasteiger partial charge on any atom is 0.261 e. The molecule has 0 aliphatic carbocycles. The number of rotatable bonds is 2. The molecular weight excluding hydrogens is 278 g/mol. The number of nitrogens with zero attached hydrogens (tertiary/aromatic N) is 3. The molecule has 3 aromatic heterocycles. The fourth-order valence-corrected chi connectivity index (χ4v) is 3.40. The SMILES string of the molecule is COc1nnc(Cl)c2sc(-c3cccs3)nc12. The van der Waals surface area contributed by atoms with Gasteiger partial charge in [-0.25, -0.2) is 4.98 Å². The summed E-state index contributed by atoms with van der Waals surface area (Å²) >= 11 is 9.14. The standard InChI is InChI=1S/C10H6ClN3OS2/c1-15-9-6-7(8(11)13-14-9)17-10(12-6)5-3-2-4-16-5/h2-4H,1H3. The summed E-state index contributed by atoms with van der Waals surface area (Å²) in [5, 5.41) is 11.0. The minimum Gasteiger partial charge on any atom is -0.478 e. The lowest BCUT2D eigenvalue weighted by molar-refractivity contribution is 0.397. The van der Waals surface area contributed by atoms with Gasteiger partial charge >= 0.3 is 0 Å². The Bertz CT molecular complexity index is 666. The lowest BCUT2D eigenvalue weighted by atomic mass is 10.4. The third kappa shape index (κ3) is 1.78. The van der Waals surface area contributed by atoms with Gasteiger partial charge in [-0.05, 0) is 11.4 Å². The van der Waals surface area contributed by atoms with Crippen molar-refractivity contribution in [2.45, 2.75) is 0 Å². The van der Waals surface area contributed by atoms with E-state index < -0.39 is 0 Å². The number of halogens is 1. The largest absolute Gasteiger partial charge is 0.478 e. The predicted octanol–water partition coefficient (Wildman–Crippen LogP) is 3.48. The van der Waals surface area contributed by atoms with E-state index >= 15 is 0 Å². The van der Waals surface area contributed by atoms with Gasteiger partial charge in [0.1, 0.15) is 10.5 Å². The van der Waals surface area contributed by atoms with E-state index in [2.05, 4.69) is 15.2 Å². The van der Waals surface area contributed by atoms with Crippen LogP contribution in [0.4, 0.5) is 0 Å². The second kappa shape index (κ2) is 4.21. The fraction of sp³-hybridized carbons (Fsp3) is 0.100. The third-order valence-corrected chi connectivity index (χ3v) is 4.65. The average molecular weight is 284 g/mol. The van der Waals surface area contributed by atoms with E-state index in [-0.39, 0.29) is 0 Å². The van der Waals surface area contributed by atoms with Gasteiger partial charge in [0.25, 0.3) is 5.88 Å². The van der Waals surface area contributed by atoms with Crippen LogP contribution in [0.2, 0.25) is 5.15 Å². The maximum atomic E-state index is 6.01. The van der Waals surface area contributed by atoms with Gasteiger partial charge in [-0.3, -0.25) is 0 Å². The molecular formula is C10H6ClN3OS2. The van der Waals surface area contributed by atoms with Crippen LogP contribution in [-0.4, -0.2) is 22.3 Å². The Morgan fingerprint density at radius 1 is 1.35 bits per heavy atom. The third-order valence-electron chi connectivity index (χ3n) is 2.17. The Balaban J connectivity index is 2.28. The first-order chi connectivity index (χ1) is 8.29. The molecule has 0 saturated heterocycles. The minimum atomic E-state index is 0.362. The zero-order chi connectivity index (χ0) is 11.8. The quantitative estimate of drug-likeness (QED) is 0.722. The van der Waals surface area contributed by atoms with Gasteiger partial charge in [0.05, 0.1) is 16.7 Å². The topological polar surface area (TPSA) is 47.9 Å². The maximum absolute atomic E-state index is 6.01. The van der Waals surface area contributed by atoms with Gasteiger partial charge in [-0.1, -0.05) is 17.7 Å². The van der Waals surface area contributed by atoms with Crippen LogP contribution in [0.15, 0.2) is 17.5 Å². The lowest BCUT2D eigenvalue weighted by Crippen LogP contribution is -1.91. The molecule has 0 aromatic carbocycles. The normalized spacial score (nSPS) is 10.9. The van der Waals surface area contributed by atoms with E-state index in [0.717, 1.165) is 14.6 Å². The summed E-state index contributed by atoms with van der Waals surface area (Å²) in [5.74, 6) is 0.406. The van der Waals surface area contributed by atoms with Crippen LogP contribution in [0, 0.1) is 0 Å². The summed E-state index contributed by atoms with van der Waals surface area (Å²) in [6.45, 7) is 0. The summed E-state index contributed by atoms with van der Waals surface area (Å²) in [6, 6.07) is 4.00. The van der Waals surface area contributed by atoms with Crippen molar-refractivity contribution in [2.24, 2.45) is 0 Å². The van der Waals surface area contributed by atoms with Crippen LogP contribution < -0.4 is 4.74 Å². The zero-order valence-corrected chi connectivity index (χ0v) is 11.1. The first-order valence-corrected chi connectivity index (χ1v) is 6.77. The average Bonchev–Trinajstić information content (AvgIpc) is 2.98. The predicted molar refractivity (Wildman–Crippen MR) is 70.1 cm³/mol.